The van der Waals surface area contributed by atoms with E-state index in [4.69, 9.17) is 0 Å². The zero-order valence-corrected chi connectivity index (χ0v) is 18.2. The number of para-hydroxylation sites is 2. The molecule has 0 spiro atoms. The summed E-state index contributed by atoms with van der Waals surface area (Å²) in [6, 6.07) is 40.4. The molecule has 0 fully saturated rings. The van der Waals surface area contributed by atoms with Crippen molar-refractivity contribution in [3.63, 3.8) is 0 Å². The molecule has 0 aromatic heterocycles. The van der Waals surface area contributed by atoms with E-state index in [9.17, 15) is 4.79 Å². The summed E-state index contributed by atoms with van der Waals surface area (Å²) in [5.41, 5.74) is 4.06. The highest BCUT2D eigenvalue weighted by atomic mass is 32.2. The van der Waals surface area contributed by atoms with Crippen molar-refractivity contribution >= 4 is 34.2 Å². The van der Waals surface area contributed by atoms with Gasteiger partial charge in [-0.15, -0.1) is 0 Å². The fraction of sp³-hybridized carbons (Fsp3) is 0.0714. The summed E-state index contributed by atoms with van der Waals surface area (Å²) < 4.78 is 0. The summed E-state index contributed by atoms with van der Waals surface area (Å²) in [6.07, 6.45) is 0. The summed E-state index contributed by atoms with van der Waals surface area (Å²) in [6.45, 7) is 0. The monoisotopic (exact) mass is 434 g/mol. The van der Waals surface area contributed by atoms with Gasteiger partial charge in [-0.2, -0.15) is 4.99 Å². The van der Waals surface area contributed by atoms with Crippen LogP contribution in [0.5, 0.6) is 0 Å². The van der Waals surface area contributed by atoms with Gasteiger partial charge in [0.25, 0.3) is 5.91 Å². The fourth-order valence-electron chi connectivity index (χ4n) is 4.01. The SMILES string of the molecule is O=C1N=C(N(c2ccccc2)c2ccccc2)S[C@H](c2ccccc2)[C@H]1c1ccccc1. The van der Waals surface area contributed by atoms with Gasteiger partial charge in [0.1, 0.15) is 0 Å². The number of anilines is 2. The number of carbonyl (C=O) groups is 1. The minimum absolute atomic E-state index is 0.0754. The summed E-state index contributed by atoms with van der Waals surface area (Å²) >= 11 is 1.64. The number of carbonyl (C=O) groups excluding carboxylic acids is 1. The van der Waals surface area contributed by atoms with E-state index >= 15 is 0 Å². The molecule has 0 unspecified atom stereocenters. The minimum atomic E-state index is -0.333. The maximum atomic E-state index is 13.5. The van der Waals surface area contributed by atoms with Gasteiger partial charge in [0.05, 0.1) is 11.2 Å². The van der Waals surface area contributed by atoms with Crippen molar-refractivity contribution in [2.24, 2.45) is 4.99 Å². The average Bonchev–Trinajstić information content (AvgIpc) is 2.86. The molecule has 4 aromatic carbocycles. The number of aliphatic imine (C=N–C) groups is 1. The Morgan fingerprint density at radius 3 is 1.53 bits per heavy atom. The molecule has 32 heavy (non-hydrogen) atoms. The minimum Gasteiger partial charge on any atom is -0.289 e. The van der Waals surface area contributed by atoms with Crippen molar-refractivity contribution in [1.29, 1.82) is 0 Å². The van der Waals surface area contributed by atoms with Crippen molar-refractivity contribution in [3.05, 3.63) is 132 Å². The van der Waals surface area contributed by atoms with Crippen LogP contribution in [0.25, 0.3) is 0 Å². The van der Waals surface area contributed by atoms with E-state index in [1.54, 1.807) is 11.8 Å². The third-order valence-electron chi connectivity index (χ3n) is 5.51. The topological polar surface area (TPSA) is 32.7 Å². The second-order valence-corrected chi connectivity index (χ2v) is 8.69. The smallest absolute Gasteiger partial charge is 0.257 e. The third-order valence-corrected chi connectivity index (χ3v) is 6.80. The number of benzene rings is 4. The van der Waals surface area contributed by atoms with Gasteiger partial charge in [0.2, 0.25) is 0 Å². The first kappa shape index (κ1) is 20.3. The second kappa shape index (κ2) is 9.25. The Bertz CT molecular complexity index is 1170. The van der Waals surface area contributed by atoms with Crippen molar-refractivity contribution in [2.45, 2.75) is 11.2 Å². The Morgan fingerprint density at radius 2 is 1.03 bits per heavy atom. The maximum absolute atomic E-state index is 13.5. The first-order chi connectivity index (χ1) is 15.8. The van der Waals surface area contributed by atoms with Gasteiger partial charge >= 0.3 is 0 Å². The van der Waals surface area contributed by atoms with E-state index in [0.29, 0.717) is 5.17 Å². The van der Waals surface area contributed by atoms with Gasteiger partial charge in [-0.1, -0.05) is 109 Å². The van der Waals surface area contributed by atoms with Crippen LogP contribution in [-0.2, 0) is 4.79 Å². The van der Waals surface area contributed by atoms with Crippen molar-refractivity contribution in [1.82, 2.24) is 0 Å². The van der Waals surface area contributed by atoms with Crippen LogP contribution in [-0.4, -0.2) is 11.1 Å². The quantitative estimate of drug-likeness (QED) is 0.347. The molecule has 156 valence electrons. The molecule has 0 N–H and O–H groups in total. The first-order valence-corrected chi connectivity index (χ1v) is 11.5. The van der Waals surface area contributed by atoms with Crippen molar-refractivity contribution in [2.75, 3.05) is 4.90 Å². The Labute approximate surface area is 192 Å². The van der Waals surface area contributed by atoms with Gasteiger partial charge in [0.15, 0.2) is 5.17 Å². The van der Waals surface area contributed by atoms with E-state index < -0.39 is 0 Å². The van der Waals surface area contributed by atoms with Crippen LogP contribution < -0.4 is 4.90 Å². The molecule has 1 aliphatic rings. The molecule has 4 aromatic rings. The fourth-order valence-corrected chi connectivity index (χ4v) is 5.40. The molecule has 5 rings (SSSR count). The van der Waals surface area contributed by atoms with Crippen LogP contribution in [0.3, 0.4) is 0 Å². The van der Waals surface area contributed by atoms with Crippen LogP contribution >= 0.6 is 11.8 Å². The zero-order valence-electron chi connectivity index (χ0n) is 17.4. The molecule has 0 saturated carbocycles. The highest BCUT2D eigenvalue weighted by Gasteiger charge is 2.38. The average molecular weight is 435 g/mol. The number of amidine groups is 1. The normalized spacial score (nSPS) is 18.1. The molecular weight excluding hydrogens is 412 g/mol. The van der Waals surface area contributed by atoms with Gasteiger partial charge in [-0.05, 0) is 35.4 Å². The zero-order chi connectivity index (χ0) is 21.8. The predicted molar refractivity (Wildman–Crippen MR) is 133 cm³/mol. The van der Waals surface area contributed by atoms with E-state index in [1.807, 2.05) is 109 Å². The molecule has 2 atom stereocenters. The molecule has 0 radical (unpaired) electrons. The Balaban J connectivity index is 1.63. The lowest BCUT2D eigenvalue weighted by atomic mass is 9.90. The molecule has 1 amide bonds. The maximum Gasteiger partial charge on any atom is 0.257 e. The van der Waals surface area contributed by atoms with E-state index in [-0.39, 0.29) is 17.1 Å². The number of thioether (sulfide) groups is 1. The van der Waals surface area contributed by atoms with Gasteiger partial charge in [-0.3, -0.25) is 9.69 Å². The summed E-state index contributed by atoms with van der Waals surface area (Å²) in [4.78, 5) is 20.2. The van der Waals surface area contributed by atoms with Crippen LogP contribution in [0, 0.1) is 0 Å². The Morgan fingerprint density at radius 1 is 0.594 bits per heavy atom. The molecule has 3 nitrogen and oxygen atoms in total. The molecule has 0 bridgehead atoms. The van der Waals surface area contributed by atoms with Gasteiger partial charge in [0, 0.05) is 11.4 Å². The van der Waals surface area contributed by atoms with Gasteiger partial charge < -0.3 is 0 Å². The highest BCUT2D eigenvalue weighted by molar-refractivity contribution is 8.14. The molecule has 1 aliphatic heterocycles. The van der Waals surface area contributed by atoms with E-state index in [2.05, 4.69) is 22.0 Å². The summed E-state index contributed by atoms with van der Waals surface area (Å²) in [7, 11) is 0. The summed E-state index contributed by atoms with van der Waals surface area (Å²) in [5.74, 6) is -0.448. The van der Waals surface area contributed by atoms with Crippen LogP contribution in [0.1, 0.15) is 22.3 Å². The largest absolute Gasteiger partial charge is 0.289 e. The number of hydrogen-bond acceptors (Lipinski definition) is 3. The van der Waals surface area contributed by atoms with Crippen LogP contribution in [0.2, 0.25) is 0 Å². The predicted octanol–water partition coefficient (Wildman–Crippen LogP) is 6.98. The lowest BCUT2D eigenvalue weighted by molar-refractivity contribution is -0.119. The number of nitrogens with zero attached hydrogens (tertiary/aromatic N) is 2. The first-order valence-electron chi connectivity index (χ1n) is 10.6. The molecule has 1 heterocycles. The Kier molecular flexibility index (Phi) is 5.86. The molecular formula is C28H22N2OS. The standard InChI is InChI=1S/C28H22N2OS/c31-27-25(21-13-5-1-6-14-21)26(22-15-7-2-8-16-22)32-28(29-27)30(23-17-9-3-10-18-23)24-19-11-4-12-20-24/h1-20,25-26H/t25-,26-/m1/s1. The third kappa shape index (κ3) is 4.10. The van der Waals surface area contributed by atoms with Crippen molar-refractivity contribution < 1.29 is 4.79 Å². The number of rotatable bonds is 4. The lowest BCUT2D eigenvalue weighted by Crippen LogP contribution is -2.32. The number of hydrogen-bond donors (Lipinski definition) is 0. The van der Waals surface area contributed by atoms with Gasteiger partial charge in [-0.25, -0.2) is 0 Å². The van der Waals surface area contributed by atoms with E-state index in [1.165, 1.54) is 0 Å². The van der Waals surface area contributed by atoms with Crippen LogP contribution in [0.4, 0.5) is 11.4 Å². The Hall–Kier alpha value is -3.63. The molecule has 0 saturated heterocycles. The van der Waals surface area contributed by atoms with Crippen LogP contribution in [0.15, 0.2) is 126 Å². The summed E-state index contributed by atoms with van der Waals surface area (Å²) in [5, 5.41) is 0.613. The molecule has 4 heteroatoms. The van der Waals surface area contributed by atoms with Crippen molar-refractivity contribution in [3.8, 4) is 0 Å². The second-order valence-electron chi connectivity index (χ2n) is 7.58. The molecule has 0 aliphatic carbocycles. The lowest BCUT2D eigenvalue weighted by Gasteiger charge is -2.34. The highest BCUT2D eigenvalue weighted by Crippen LogP contribution is 2.48. The number of amides is 1. The van der Waals surface area contributed by atoms with E-state index in [0.717, 1.165) is 22.5 Å².